The number of amides is 1. The second kappa shape index (κ2) is 5.30. The van der Waals surface area contributed by atoms with Gasteiger partial charge in [-0.05, 0) is 24.1 Å². The third-order valence-corrected chi connectivity index (χ3v) is 3.15. The highest BCUT2D eigenvalue weighted by Crippen LogP contribution is 2.11. The maximum absolute atomic E-state index is 11.3. The van der Waals surface area contributed by atoms with Crippen molar-refractivity contribution in [1.82, 2.24) is 14.9 Å². The van der Waals surface area contributed by atoms with E-state index in [9.17, 15) is 9.59 Å². The number of hydrogen-bond acceptors (Lipinski definition) is 3. The SMILES string of the molecule is CN(CCc1ccc2[nH]c(=O)[nH]c2c1)C(=O)CS. The van der Waals surface area contributed by atoms with Crippen LogP contribution in [0.4, 0.5) is 0 Å². The summed E-state index contributed by atoms with van der Waals surface area (Å²) in [5.41, 5.74) is 2.46. The minimum Gasteiger partial charge on any atom is -0.345 e. The molecule has 18 heavy (non-hydrogen) atoms. The quantitative estimate of drug-likeness (QED) is 0.715. The highest BCUT2D eigenvalue weighted by molar-refractivity contribution is 7.81. The van der Waals surface area contributed by atoms with Crippen LogP contribution in [0.2, 0.25) is 0 Å². The van der Waals surface area contributed by atoms with Crippen LogP contribution in [0.1, 0.15) is 5.56 Å². The fourth-order valence-corrected chi connectivity index (χ4v) is 2.02. The lowest BCUT2D eigenvalue weighted by Gasteiger charge is -2.15. The first kappa shape index (κ1) is 12.8. The van der Waals surface area contributed by atoms with Gasteiger partial charge in [-0.1, -0.05) is 6.07 Å². The van der Waals surface area contributed by atoms with Gasteiger partial charge in [0.2, 0.25) is 5.91 Å². The third kappa shape index (κ3) is 2.76. The lowest BCUT2D eigenvalue weighted by Crippen LogP contribution is -2.29. The average Bonchev–Trinajstić information content (AvgIpc) is 2.74. The van der Waals surface area contributed by atoms with Crippen LogP contribution >= 0.6 is 12.6 Å². The first-order chi connectivity index (χ1) is 8.60. The molecule has 1 heterocycles. The molecule has 2 aromatic rings. The van der Waals surface area contributed by atoms with Crippen LogP contribution in [0.5, 0.6) is 0 Å². The molecular formula is C12H15N3O2S. The van der Waals surface area contributed by atoms with Gasteiger partial charge in [0.05, 0.1) is 16.8 Å². The van der Waals surface area contributed by atoms with Gasteiger partial charge in [0.15, 0.2) is 0 Å². The molecule has 5 nitrogen and oxygen atoms in total. The van der Waals surface area contributed by atoms with Gasteiger partial charge in [0, 0.05) is 13.6 Å². The van der Waals surface area contributed by atoms with Crippen molar-refractivity contribution >= 4 is 29.6 Å². The summed E-state index contributed by atoms with van der Waals surface area (Å²) in [6.07, 6.45) is 0.749. The predicted octanol–water partition coefficient (Wildman–Crippen LogP) is 0.787. The number of nitrogens with one attached hydrogen (secondary N) is 2. The summed E-state index contributed by atoms with van der Waals surface area (Å²) in [6.45, 7) is 0.638. The average molecular weight is 265 g/mol. The lowest BCUT2D eigenvalue weighted by molar-refractivity contribution is -0.127. The van der Waals surface area contributed by atoms with E-state index in [4.69, 9.17) is 0 Å². The highest BCUT2D eigenvalue weighted by atomic mass is 32.1. The van der Waals surface area contributed by atoms with Gasteiger partial charge >= 0.3 is 5.69 Å². The van der Waals surface area contributed by atoms with Gasteiger partial charge in [-0.2, -0.15) is 12.6 Å². The molecule has 0 aliphatic carbocycles. The smallest absolute Gasteiger partial charge is 0.323 e. The molecule has 0 fully saturated rings. The Balaban J connectivity index is 2.08. The molecule has 0 radical (unpaired) electrons. The summed E-state index contributed by atoms with van der Waals surface area (Å²) in [4.78, 5) is 29.5. The van der Waals surface area contributed by atoms with Crippen LogP contribution in [0, 0.1) is 0 Å². The van der Waals surface area contributed by atoms with E-state index in [2.05, 4.69) is 22.6 Å². The molecule has 0 saturated heterocycles. The van der Waals surface area contributed by atoms with E-state index in [0.717, 1.165) is 23.0 Å². The fourth-order valence-electron chi connectivity index (χ4n) is 1.78. The van der Waals surface area contributed by atoms with E-state index >= 15 is 0 Å². The van der Waals surface area contributed by atoms with E-state index in [-0.39, 0.29) is 17.3 Å². The first-order valence-electron chi connectivity index (χ1n) is 5.66. The van der Waals surface area contributed by atoms with Gasteiger partial charge < -0.3 is 14.9 Å². The van der Waals surface area contributed by atoms with E-state index in [1.165, 1.54) is 0 Å². The van der Waals surface area contributed by atoms with Crippen LogP contribution in [0.15, 0.2) is 23.0 Å². The molecule has 1 aromatic carbocycles. The van der Waals surface area contributed by atoms with Gasteiger partial charge in [-0.3, -0.25) is 4.79 Å². The van der Waals surface area contributed by atoms with E-state index in [1.54, 1.807) is 11.9 Å². The molecule has 0 spiro atoms. The number of aromatic amines is 2. The zero-order valence-corrected chi connectivity index (χ0v) is 11.0. The summed E-state index contributed by atoms with van der Waals surface area (Å²) >= 11 is 3.95. The number of imidazole rings is 1. The Bertz CT molecular complexity index is 617. The molecule has 0 bridgehead atoms. The lowest BCUT2D eigenvalue weighted by atomic mass is 10.1. The number of thiol groups is 1. The van der Waals surface area contributed by atoms with Crippen LogP contribution in [-0.4, -0.2) is 40.1 Å². The first-order valence-corrected chi connectivity index (χ1v) is 6.29. The number of nitrogens with zero attached hydrogens (tertiary/aromatic N) is 1. The molecule has 0 atom stereocenters. The van der Waals surface area contributed by atoms with E-state index in [1.807, 2.05) is 18.2 Å². The minimum absolute atomic E-state index is 0.00876. The molecule has 96 valence electrons. The Morgan fingerprint density at radius 2 is 2.06 bits per heavy atom. The van der Waals surface area contributed by atoms with Crippen molar-refractivity contribution in [3.63, 3.8) is 0 Å². The highest BCUT2D eigenvalue weighted by Gasteiger charge is 2.06. The van der Waals surface area contributed by atoms with Crippen molar-refractivity contribution in [2.75, 3.05) is 19.3 Å². The van der Waals surface area contributed by atoms with Crippen molar-refractivity contribution in [2.24, 2.45) is 0 Å². The molecule has 1 amide bonds. The number of likely N-dealkylation sites (N-methyl/N-ethyl adjacent to an activating group) is 1. The maximum atomic E-state index is 11.3. The molecule has 0 saturated carbocycles. The summed E-state index contributed by atoms with van der Waals surface area (Å²) in [6, 6.07) is 5.74. The summed E-state index contributed by atoms with van der Waals surface area (Å²) in [7, 11) is 1.76. The van der Waals surface area contributed by atoms with Gasteiger partial charge in [0.1, 0.15) is 0 Å². The third-order valence-electron chi connectivity index (χ3n) is 2.88. The van der Waals surface area contributed by atoms with Gasteiger partial charge in [-0.15, -0.1) is 0 Å². The molecule has 0 unspecified atom stereocenters. The maximum Gasteiger partial charge on any atom is 0.323 e. The number of fused-ring (bicyclic) bond motifs is 1. The normalized spacial score (nSPS) is 10.8. The van der Waals surface area contributed by atoms with Crippen LogP contribution in [0.3, 0.4) is 0 Å². The predicted molar refractivity (Wildman–Crippen MR) is 74.1 cm³/mol. The van der Waals surface area contributed by atoms with E-state index < -0.39 is 0 Å². The van der Waals surface area contributed by atoms with Crippen molar-refractivity contribution in [3.05, 3.63) is 34.2 Å². The zero-order chi connectivity index (χ0) is 13.1. The summed E-state index contributed by atoms with van der Waals surface area (Å²) in [5, 5.41) is 0. The second-order valence-electron chi connectivity index (χ2n) is 4.18. The Hall–Kier alpha value is -1.69. The summed E-state index contributed by atoms with van der Waals surface area (Å²) < 4.78 is 0. The molecular weight excluding hydrogens is 250 g/mol. The number of H-pyrrole nitrogens is 2. The molecule has 0 aliphatic rings. The van der Waals surface area contributed by atoms with Gasteiger partial charge in [0.25, 0.3) is 0 Å². The molecule has 2 rings (SSSR count). The minimum atomic E-state index is -0.204. The number of carbonyl (C=O) groups excluding carboxylic acids is 1. The standard InChI is InChI=1S/C12H15N3O2S/c1-15(11(16)7-18)5-4-8-2-3-9-10(6-8)14-12(17)13-9/h2-3,6,18H,4-5,7H2,1H3,(H2,13,14,17). The fraction of sp³-hybridized carbons (Fsp3) is 0.333. The number of rotatable bonds is 4. The Morgan fingerprint density at radius 1 is 1.33 bits per heavy atom. The van der Waals surface area contributed by atoms with E-state index in [0.29, 0.717) is 6.54 Å². The van der Waals surface area contributed by atoms with Crippen molar-refractivity contribution in [3.8, 4) is 0 Å². The Morgan fingerprint density at radius 3 is 2.78 bits per heavy atom. The largest absolute Gasteiger partial charge is 0.345 e. The topological polar surface area (TPSA) is 69.0 Å². The zero-order valence-electron chi connectivity index (χ0n) is 10.1. The molecule has 6 heteroatoms. The number of aromatic nitrogens is 2. The second-order valence-corrected chi connectivity index (χ2v) is 4.50. The molecule has 1 aromatic heterocycles. The molecule has 2 N–H and O–H groups in total. The summed E-state index contributed by atoms with van der Waals surface area (Å²) in [5.74, 6) is 0.232. The van der Waals surface area contributed by atoms with Crippen LogP contribution in [0.25, 0.3) is 11.0 Å². The van der Waals surface area contributed by atoms with Crippen LogP contribution < -0.4 is 5.69 Å². The number of hydrogen-bond donors (Lipinski definition) is 3. The van der Waals surface area contributed by atoms with Crippen molar-refractivity contribution < 1.29 is 4.79 Å². The number of benzene rings is 1. The Labute approximate surface area is 110 Å². The monoisotopic (exact) mass is 265 g/mol. The molecule has 0 aliphatic heterocycles. The van der Waals surface area contributed by atoms with Gasteiger partial charge in [-0.25, -0.2) is 4.79 Å². The Kier molecular flexibility index (Phi) is 3.76. The van der Waals surface area contributed by atoms with Crippen molar-refractivity contribution in [1.29, 1.82) is 0 Å². The number of carbonyl (C=O) groups is 1. The van der Waals surface area contributed by atoms with Crippen molar-refractivity contribution in [2.45, 2.75) is 6.42 Å². The van der Waals surface area contributed by atoms with Crippen LogP contribution in [-0.2, 0) is 11.2 Å².